The molecule has 0 unspecified atom stereocenters. The van der Waals surface area contributed by atoms with Crippen LogP contribution in [0.25, 0.3) is 0 Å². The maximum absolute atomic E-state index is 13.2. The van der Waals surface area contributed by atoms with Gasteiger partial charge in [-0.3, -0.25) is 4.79 Å². The molecule has 1 aliphatic heterocycles. The first-order valence-electron chi connectivity index (χ1n) is 9.35. The molecule has 1 saturated heterocycles. The molecular weight excluding hydrogens is 392 g/mol. The van der Waals surface area contributed by atoms with Gasteiger partial charge in [0.2, 0.25) is 0 Å². The standard InChI is InChI=1S/C21H25BrN2O2/c1-14-12-19(15(2)24(14)18-6-7-18)20(25)23-21(8-10-26-11-9-21)16-4-3-5-17(22)13-16/h3-5,12-13,18H,6-11H2,1-2H3,(H,23,25). The Balaban J connectivity index is 1.66. The maximum atomic E-state index is 13.2. The first-order valence-corrected chi connectivity index (χ1v) is 10.1. The molecule has 0 spiro atoms. The van der Waals surface area contributed by atoms with Gasteiger partial charge in [-0.05, 0) is 63.3 Å². The monoisotopic (exact) mass is 416 g/mol. The van der Waals surface area contributed by atoms with E-state index >= 15 is 0 Å². The number of hydrogen-bond donors (Lipinski definition) is 1. The summed E-state index contributed by atoms with van der Waals surface area (Å²) in [5.41, 5.74) is 3.83. The number of rotatable bonds is 4. The summed E-state index contributed by atoms with van der Waals surface area (Å²) < 4.78 is 8.94. The van der Waals surface area contributed by atoms with Crippen LogP contribution in [0.2, 0.25) is 0 Å². The molecule has 2 aliphatic rings. The predicted octanol–water partition coefficient (Wildman–Crippen LogP) is 4.64. The van der Waals surface area contributed by atoms with E-state index in [4.69, 9.17) is 4.74 Å². The van der Waals surface area contributed by atoms with Gasteiger partial charge in [0.25, 0.3) is 5.91 Å². The molecule has 1 saturated carbocycles. The lowest BCUT2D eigenvalue weighted by Gasteiger charge is -2.38. The molecule has 0 radical (unpaired) electrons. The molecule has 1 aromatic carbocycles. The van der Waals surface area contributed by atoms with Crippen LogP contribution in [0.5, 0.6) is 0 Å². The zero-order valence-corrected chi connectivity index (χ0v) is 16.9. The maximum Gasteiger partial charge on any atom is 0.253 e. The largest absolute Gasteiger partial charge is 0.381 e. The number of nitrogens with zero attached hydrogens (tertiary/aromatic N) is 1. The van der Waals surface area contributed by atoms with Crippen molar-refractivity contribution < 1.29 is 9.53 Å². The highest BCUT2D eigenvalue weighted by molar-refractivity contribution is 9.10. The van der Waals surface area contributed by atoms with E-state index < -0.39 is 0 Å². The molecule has 4 rings (SSSR count). The Bertz CT molecular complexity index is 833. The van der Waals surface area contributed by atoms with E-state index in [0.29, 0.717) is 19.3 Å². The minimum atomic E-state index is -0.374. The third-order valence-corrected chi connectivity index (χ3v) is 6.21. The van der Waals surface area contributed by atoms with Crippen molar-refractivity contribution in [2.24, 2.45) is 0 Å². The molecule has 138 valence electrons. The van der Waals surface area contributed by atoms with Gasteiger partial charge in [-0.15, -0.1) is 0 Å². The third kappa shape index (κ3) is 3.23. The Morgan fingerprint density at radius 2 is 1.96 bits per heavy atom. The van der Waals surface area contributed by atoms with Crippen LogP contribution in [0.1, 0.15) is 59.0 Å². The number of ether oxygens (including phenoxy) is 1. The average Bonchev–Trinajstić information content (AvgIpc) is 3.40. The topological polar surface area (TPSA) is 43.3 Å². The van der Waals surface area contributed by atoms with Crippen molar-refractivity contribution in [1.82, 2.24) is 9.88 Å². The van der Waals surface area contributed by atoms with E-state index in [1.165, 1.54) is 18.5 Å². The van der Waals surface area contributed by atoms with Gasteiger partial charge in [-0.2, -0.15) is 0 Å². The Hall–Kier alpha value is -1.59. The number of carbonyl (C=O) groups excluding carboxylic acids is 1. The fourth-order valence-corrected chi connectivity index (χ4v) is 4.58. The van der Waals surface area contributed by atoms with Crippen molar-refractivity contribution in [2.45, 2.75) is 51.1 Å². The van der Waals surface area contributed by atoms with E-state index in [1.807, 2.05) is 18.2 Å². The molecule has 26 heavy (non-hydrogen) atoms. The molecule has 1 amide bonds. The van der Waals surface area contributed by atoms with Crippen LogP contribution < -0.4 is 5.32 Å². The molecule has 0 atom stereocenters. The molecule has 2 fully saturated rings. The highest BCUT2D eigenvalue weighted by atomic mass is 79.9. The molecule has 1 aliphatic carbocycles. The summed E-state index contributed by atoms with van der Waals surface area (Å²) in [6, 6.07) is 10.9. The van der Waals surface area contributed by atoms with Gasteiger partial charge in [0, 0.05) is 35.1 Å². The highest BCUT2D eigenvalue weighted by Gasteiger charge is 2.37. The third-order valence-electron chi connectivity index (χ3n) is 5.72. The quantitative estimate of drug-likeness (QED) is 0.788. The molecule has 5 heteroatoms. The number of aromatic nitrogens is 1. The number of hydrogen-bond acceptors (Lipinski definition) is 2. The molecule has 0 bridgehead atoms. The van der Waals surface area contributed by atoms with Crippen molar-refractivity contribution in [3.05, 3.63) is 57.3 Å². The fourth-order valence-electron chi connectivity index (χ4n) is 4.18. The summed E-state index contributed by atoms with van der Waals surface area (Å²) in [6.45, 7) is 5.48. The summed E-state index contributed by atoms with van der Waals surface area (Å²) >= 11 is 3.56. The van der Waals surface area contributed by atoms with Crippen molar-refractivity contribution >= 4 is 21.8 Å². The van der Waals surface area contributed by atoms with E-state index in [2.05, 4.69) is 51.8 Å². The Kier molecular flexibility index (Phi) is 4.70. The number of aryl methyl sites for hydroxylation is 1. The Morgan fingerprint density at radius 1 is 1.23 bits per heavy atom. The molecule has 1 aromatic heterocycles. The fraction of sp³-hybridized carbons (Fsp3) is 0.476. The van der Waals surface area contributed by atoms with Crippen LogP contribution in [0.3, 0.4) is 0 Å². The van der Waals surface area contributed by atoms with Gasteiger partial charge in [0.1, 0.15) is 0 Å². The van der Waals surface area contributed by atoms with Crippen molar-refractivity contribution in [2.75, 3.05) is 13.2 Å². The smallest absolute Gasteiger partial charge is 0.253 e. The molecule has 1 N–H and O–H groups in total. The Morgan fingerprint density at radius 3 is 2.62 bits per heavy atom. The van der Waals surface area contributed by atoms with E-state index in [1.54, 1.807) is 0 Å². The lowest BCUT2D eigenvalue weighted by atomic mass is 9.82. The van der Waals surface area contributed by atoms with Gasteiger partial charge < -0.3 is 14.6 Å². The Labute approximate surface area is 163 Å². The highest BCUT2D eigenvalue weighted by Crippen LogP contribution is 2.39. The van der Waals surface area contributed by atoms with Crippen LogP contribution in [0.4, 0.5) is 0 Å². The number of nitrogens with one attached hydrogen (secondary N) is 1. The number of halogens is 1. The second-order valence-electron chi connectivity index (χ2n) is 7.54. The zero-order valence-electron chi connectivity index (χ0n) is 15.3. The minimum Gasteiger partial charge on any atom is -0.381 e. The molecule has 4 nitrogen and oxygen atoms in total. The zero-order chi connectivity index (χ0) is 18.3. The predicted molar refractivity (Wildman–Crippen MR) is 106 cm³/mol. The van der Waals surface area contributed by atoms with Gasteiger partial charge in [0.15, 0.2) is 0 Å². The van der Waals surface area contributed by atoms with Crippen LogP contribution in [-0.4, -0.2) is 23.7 Å². The minimum absolute atomic E-state index is 0.0203. The second kappa shape index (κ2) is 6.86. The second-order valence-corrected chi connectivity index (χ2v) is 8.46. The lowest BCUT2D eigenvalue weighted by molar-refractivity contribution is 0.0345. The molecule has 2 heterocycles. The summed E-state index contributed by atoms with van der Waals surface area (Å²) in [7, 11) is 0. The van der Waals surface area contributed by atoms with E-state index in [0.717, 1.165) is 34.1 Å². The molecule has 2 aromatic rings. The van der Waals surface area contributed by atoms with Gasteiger partial charge in [0.05, 0.1) is 11.1 Å². The number of amides is 1. The number of benzene rings is 1. The summed E-state index contributed by atoms with van der Waals surface area (Å²) in [4.78, 5) is 13.2. The summed E-state index contributed by atoms with van der Waals surface area (Å²) in [5, 5.41) is 3.38. The van der Waals surface area contributed by atoms with Crippen molar-refractivity contribution in [3.63, 3.8) is 0 Å². The van der Waals surface area contributed by atoms with E-state index in [9.17, 15) is 4.79 Å². The van der Waals surface area contributed by atoms with Gasteiger partial charge in [-0.25, -0.2) is 0 Å². The van der Waals surface area contributed by atoms with Gasteiger partial charge >= 0.3 is 0 Å². The van der Waals surface area contributed by atoms with E-state index in [-0.39, 0.29) is 11.4 Å². The molecular formula is C21H25BrN2O2. The van der Waals surface area contributed by atoms with Crippen LogP contribution in [-0.2, 0) is 10.3 Å². The average molecular weight is 417 g/mol. The van der Waals surface area contributed by atoms with Crippen molar-refractivity contribution in [1.29, 1.82) is 0 Å². The summed E-state index contributed by atoms with van der Waals surface area (Å²) in [6.07, 6.45) is 4.01. The first-order chi connectivity index (χ1) is 12.5. The summed E-state index contributed by atoms with van der Waals surface area (Å²) in [5.74, 6) is 0.0203. The first kappa shape index (κ1) is 17.8. The SMILES string of the molecule is Cc1cc(C(=O)NC2(c3cccc(Br)c3)CCOCC2)c(C)n1C1CC1. The van der Waals surface area contributed by atoms with Crippen LogP contribution in [0, 0.1) is 13.8 Å². The van der Waals surface area contributed by atoms with Crippen molar-refractivity contribution in [3.8, 4) is 0 Å². The van der Waals surface area contributed by atoms with Crippen LogP contribution >= 0.6 is 15.9 Å². The van der Waals surface area contributed by atoms with Gasteiger partial charge in [-0.1, -0.05) is 28.1 Å². The lowest BCUT2D eigenvalue weighted by Crippen LogP contribution is -2.49. The van der Waals surface area contributed by atoms with Crippen LogP contribution in [0.15, 0.2) is 34.8 Å². The normalized spacial score (nSPS) is 19.3. The number of carbonyl (C=O) groups is 1.